The Morgan fingerprint density at radius 3 is 1.63 bits per heavy atom. The zero-order chi connectivity index (χ0) is 27.9. The van der Waals surface area contributed by atoms with Gasteiger partial charge in [0.1, 0.15) is 17.1 Å². The molecular formula is C34H46O4. The third-order valence-electron chi connectivity index (χ3n) is 7.25. The van der Waals surface area contributed by atoms with Crippen molar-refractivity contribution in [1.82, 2.24) is 0 Å². The molecule has 4 nitrogen and oxygen atoms in total. The SMILES string of the molecule is COc1cc(C(C)c2ccccc2)c(OC(C)(C)CCOC(C)(C)CC(C)O)c(C(C)c2ccccc2)c1. The molecule has 3 rings (SSSR count). The van der Waals surface area contributed by atoms with Crippen molar-refractivity contribution >= 4 is 0 Å². The third-order valence-corrected chi connectivity index (χ3v) is 7.25. The lowest BCUT2D eigenvalue weighted by molar-refractivity contribution is -0.0621. The number of hydrogen-bond donors (Lipinski definition) is 1. The maximum Gasteiger partial charge on any atom is 0.127 e. The molecule has 0 heterocycles. The molecular weight excluding hydrogens is 472 g/mol. The van der Waals surface area contributed by atoms with Crippen molar-refractivity contribution in [2.75, 3.05) is 13.7 Å². The monoisotopic (exact) mass is 518 g/mol. The van der Waals surface area contributed by atoms with Crippen molar-refractivity contribution in [2.24, 2.45) is 0 Å². The Labute approximate surface area is 230 Å². The van der Waals surface area contributed by atoms with Crippen LogP contribution in [0.5, 0.6) is 11.5 Å². The molecule has 0 aliphatic rings. The first-order valence-corrected chi connectivity index (χ1v) is 13.7. The number of ether oxygens (including phenoxy) is 3. The zero-order valence-corrected chi connectivity index (χ0v) is 24.5. The Kier molecular flexibility index (Phi) is 10.0. The van der Waals surface area contributed by atoms with Crippen LogP contribution in [-0.2, 0) is 4.74 Å². The van der Waals surface area contributed by atoms with Crippen LogP contribution >= 0.6 is 0 Å². The van der Waals surface area contributed by atoms with Gasteiger partial charge in [0.25, 0.3) is 0 Å². The van der Waals surface area contributed by atoms with Crippen LogP contribution in [0.4, 0.5) is 0 Å². The highest BCUT2D eigenvalue weighted by atomic mass is 16.5. The second kappa shape index (κ2) is 12.8. The molecule has 1 N–H and O–H groups in total. The number of aliphatic hydroxyl groups is 1. The van der Waals surface area contributed by atoms with Gasteiger partial charge in [-0.1, -0.05) is 74.5 Å². The highest BCUT2D eigenvalue weighted by Gasteiger charge is 2.29. The van der Waals surface area contributed by atoms with E-state index < -0.39 is 17.3 Å². The van der Waals surface area contributed by atoms with Crippen LogP contribution in [-0.4, -0.2) is 36.1 Å². The van der Waals surface area contributed by atoms with Gasteiger partial charge in [0, 0.05) is 35.8 Å². The fourth-order valence-electron chi connectivity index (χ4n) is 5.04. The molecule has 0 bridgehead atoms. The van der Waals surface area contributed by atoms with E-state index in [1.807, 2.05) is 26.0 Å². The summed E-state index contributed by atoms with van der Waals surface area (Å²) >= 11 is 0. The maximum atomic E-state index is 9.82. The second-order valence-electron chi connectivity index (χ2n) is 11.7. The number of aliphatic hydroxyl groups excluding tert-OH is 1. The number of hydrogen-bond acceptors (Lipinski definition) is 4. The lowest BCUT2D eigenvalue weighted by Gasteiger charge is -2.34. The summed E-state index contributed by atoms with van der Waals surface area (Å²) < 4.78 is 18.9. The molecule has 3 atom stereocenters. The Hall–Kier alpha value is -2.82. The van der Waals surface area contributed by atoms with Crippen LogP contribution < -0.4 is 9.47 Å². The highest BCUT2D eigenvalue weighted by Crippen LogP contribution is 2.44. The van der Waals surface area contributed by atoms with Gasteiger partial charge in [0.05, 0.1) is 25.4 Å². The second-order valence-corrected chi connectivity index (χ2v) is 11.7. The fourth-order valence-corrected chi connectivity index (χ4v) is 5.04. The summed E-state index contributed by atoms with van der Waals surface area (Å²) in [7, 11) is 1.72. The minimum Gasteiger partial charge on any atom is -0.497 e. The summed E-state index contributed by atoms with van der Waals surface area (Å²) in [6.07, 6.45) is 0.891. The van der Waals surface area contributed by atoms with E-state index in [4.69, 9.17) is 14.2 Å². The van der Waals surface area contributed by atoms with E-state index >= 15 is 0 Å². The zero-order valence-electron chi connectivity index (χ0n) is 24.5. The van der Waals surface area contributed by atoms with Crippen LogP contribution in [0.25, 0.3) is 0 Å². The van der Waals surface area contributed by atoms with Crippen molar-refractivity contribution in [1.29, 1.82) is 0 Å². The van der Waals surface area contributed by atoms with E-state index in [1.54, 1.807) is 14.0 Å². The van der Waals surface area contributed by atoms with Gasteiger partial charge in [-0.3, -0.25) is 0 Å². The average molecular weight is 519 g/mol. The summed E-state index contributed by atoms with van der Waals surface area (Å²) in [5, 5.41) is 9.82. The highest BCUT2D eigenvalue weighted by molar-refractivity contribution is 5.54. The van der Waals surface area contributed by atoms with Gasteiger partial charge in [0.2, 0.25) is 0 Å². The summed E-state index contributed by atoms with van der Waals surface area (Å²) in [5.41, 5.74) is 3.79. The van der Waals surface area contributed by atoms with Crippen molar-refractivity contribution in [3.05, 3.63) is 95.1 Å². The normalized spacial score (nSPS) is 14.6. The van der Waals surface area contributed by atoms with Crippen molar-refractivity contribution in [3.63, 3.8) is 0 Å². The van der Waals surface area contributed by atoms with Gasteiger partial charge in [-0.25, -0.2) is 0 Å². The molecule has 206 valence electrons. The summed E-state index contributed by atoms with van der Waals surface area (Å²) in [6, 6.07) is 25.3. The van der Waals surface area contributed by atoms with Crippen LogP contribution in [0.15, 0.2) is 72.8 Å². The summed E-state index contributed by atoms with van der Waals surface area (Å²) in [4.78, 5) is 0. The lowest BCUT2D eigenvalue weighted by Crippen LogP contribution is -2.35. The van der Waals surface area contributed by atoms with Gasteiger partial charge in [-0.05, 0) is 57.9 Å². The number of benzene rings is 3. The number of methoxy groups -OCH3 is 1. The first-order chi connectivity index (χ1) is 17.9. The molecule has 3 aromatic rings. The van der Waals surface area contributed by atoms with Gasteiger partial charge < -0.3 is 19.3 Å². The maximum absolute atomic E-state index is 9.82. The molecule has 3 aromatic carbocycles. The Morgan fingerprint density at radius 1 is 0.737 bits per heavy atom. The Bertz CT molecular complexity index is 1070. The van der Waals surface area contributed by atoms with Gasteiger partial charge in [0.15, 0.2) is 0 Å². The Balaban J connectivity index is 2.01. The van der Waals surface area contributed by atoms with Crippen molar-refractivity contribution < 1.29 is 19.3 Å². The van der Waals surface area contributed by atoms with Gasteiger partial charge in [-0.2, -0.15) is 0 Å². The lowest BCUT2D eigenvalue weighted by atomic mass is 9.85. The molecule has 0 radical (unpaired) electrons. The molecule has 0 aromatic heterocycles. The molecule has 0 aliphatic carbocycles. The molecule has 3 unspecified atom stereocenters. The first-order valence-electron chi connectivity index (χ1n) is 13.7. The standard InChI is InChI=1S/C34H46O4/c1-24(35)23-34(6,7)37-20-19-33(4,5)38-32-30(25(2)27-15-11-9-12-16-27)21-29(36-8)22-31(32)26(3)28-17-13-10-14-18-28/h9-18,21-22,24-26,35H,19-20,23H2,1-8H3. The topological polar surface area (TPSA) is 47.9 Å². The minimum absolute atomic E-state index is 0.111. The summed E-state index contributed by atoms with van der Waals surface area (Å²) in [6.45, 7) is 15.1. The predicted molar refractivity (Wildman–Crippen MR) is 157 cm³/mol. The molecule has 38 heavy (non-hydrogen) atoms. The van der Waals surface area contributed by atoms with E-state index in [9.17, 15) is 5.11 Å². The van der Waals surface area contributed by atoms with Gasteiger partial charge in [-0.15, -0.1) is 0 Å². The molecule has 0 saturated carbocycles. The molecule has 0 saturated heterocycles. The third kappa shape index (κ3) is 8.09. The molecule has 0 aliphatic heterocycles. The molecule has 4 heteroatoms. The first kappa shape index (κ1) is 29.7. The smallest absolute Gasteiger partial charge is 0.127 e. The molecule has 0 spiro atoms. The molecule has 0 fully saturated rings. The number of rotatable bonds is 13. The average Bonchev–Trinajstić information content (AvgIpc) is 2.87. The van der Waals surface area contributed by atoms with Crippen molar-refractivity contribution in [2.45, 2.75) is 90.4 Å². The van der Waals surface area contributed by atoms with E-state index in [-0.39, 0.29) is 11.8 Å². The van der Waals surface area contributed by atoms with E-state index in [0.717, 1.165) is 22.6 Å². The van der Waals surface area contributed by atoms with Crippen molar-refractivity contribution in [3.8, 4) is 11.5 Å². The largest absolute Gasteiger partial charge is 0.497 e. The van der Waals surface area contributed by atoms with Crippen LogP contribution in [0.3, 0.4) is 0 Å². The quantitative estimate of drug-likeness (QED) is 0.248. The van der Waals surface area contributed by atoms with Crippen LogP contribution in [0, 0.1) is 0 Å². The van der Waals surface area contributed by atoms with E-state index in [2.05, 4.69) is 88.4 Å². The summed E-state index contributed by atoms with van der Waals surface area (Å²) in [5.74, 6) is 1.96. The van der Waals surface area contributed by atoms with E-state index in [0.29, 0.717) is 19.4 Å². The Morgan fingerprint density at radius 2 is 1.21 bits per heavy atom. The predicted octanol–water partition coefficient (Wildman–Crippen LogP) is 8.11. The van der Waals surface area contributed by atoms with Crippen LogP contribution in [0.2, 0.25) is 0 Å². The van der Waals surface area contributed by atoms with E-state index in [1.165, 1.54) is 11.1 Å². The van der Waals surface area contributed by atoms with Crippen LogP contribution in [0.1, 0.15) is 95.4 Å². The molecule has 0 amide bonds. The minimum atomic E-state index is -0.480. The van der Waals surface area contributed by atoms with Gasteiger partial charge >= 0.3 is 0 Å². The fraction of sp³-hybridized carbons (Fsp3) is 0.471.